The van der Waals surface area contributed by atoms with E-state index in [4.69, 9.17) is 38.1 Å². The molecule has 4 atom stereocenters. The molecule has 0 spiro atoms. The van der Waals surface area contributed by atoms with Gasteiger partial charge in [0.15, 0.2) is 0 Å². The SMILES string of the molecule is c1cc2nc(c1)CO[C@H]1CCCO[C@@H]1COCCOCCOC[C@H]1OCCC[C@@H]1OC2. The molecule has 1 aromatic rings. The van der Waals surface area contributed by atoms with Crippen molar-refractivity contribution in [3.8, 4) is 0 Å². The molecule has 3 aliphatic rings. The van der Waals surface area contributed by atoms with Gasteiger partial charge in [-0.05, 0) is 37.8 Å². The minimum atomic E-state index is -0.0579. The standard InChI is InChI=1S/C23H35NO7/c1-4-18-14-30-20-6-2-8-28-22(20)16-26-12-10-25-11-13-27-17-23-21(7-3-9-29-23)31-15-19(5-1)24-18/h1,4-5,20-23H,2-3,6-17H2/t20-,21-,22+,23+/m0/s1. The summed E-state index contributed by atoms with van der Waals surface area (Å²) in [6, 6.07) is 5.98. The Hall–Kier alpha value is -1.13. The van der Waals surface area contributed by atoms with Crippen LogP contribution in [0.5, 0.6) is 0 Å². The molecule has 0 amide bonds. The van der Waals surface area contributed by atoms with Crippen LogP contribution in [0.25, 0.3) is 0 Å². The first-order valence-corrected chi connectivity index (χ1v) is 11.5. The second-order valence-electron chi connectivity index (χ2n) is 8.18. The van der Waals surface area contributed by atoms with Gasteiger partial charge in [-0.1, -0.05) is 6.07 Å². The summed E-state index contributed by atoms with van der Waals surface area (Å²) < 4.78 is 41.3. The predicted octanol–water partition coefficient (Wildman–Crippen LogP) is 2.27. The van der Waals surface area contributed by atoms with Crippen LogP contribution in [0.2, 0.25) is 0 Å². The van der Waals surface area contributed by atoms with Gasteiger partial charge in [-0.3, -0.25) is 4.98 Å². The molecule has 2 saturated heterocycles. The number of nitrogens with zero attached hydrogens (tertiary/aromatic N) is 1. The second-order valence-corrected chi connectivity index (χ2v) is 8.18. The molecule has 2 fully saturated rings. The lowest BCUT2D eigenvalue weighted by Crippen LogP contribution is -2.40. The summed E-state index contributed by atoms with van der Waals surface area (Å²) in [5.74, 6) is 0. The summed E-state index contributed by atoms with van der Waals surface area (Å²) in [6.45, 7) is 5.52. The van der Waals surface area contributed by atoms with Crippen molar-refractivity contribution in [1.82, 2.24) is 4.98 Å². The van der Waals surface area contributed by atoms with Crippen LogP contribution in [0.4, 0.5) is 0 Å². The molecule has 0 N–H and O–H groups in total. The van der Waals surface area contributed by atoms with Crippen molar-refractivity contribution in [2.24, 2.45) is 0 Å². The first-order chi connectivity index (χ1) is 15.4. The third-order valence-corrected chi connectivity index (χ3v) is 5.82. The van der Waals surface area contributed by atoms with Gasteiger partial charge in [0.05, 0.1) is 76.5 Å². The third kappa shape index (κ3) is 7.46. The number of rotatable bonds is 0. The molecule has 4 heterocycles. The van der Waals surface area contributed by atoms with Gasteiger partial charge in [0.25, 0.3) is 0 Å². The molecular formula is C23H35NO7. The Morgan fingerprint density at radius 3 is 1.65 bits per heavy atom. The van der Waals surface area contributed by atoms with Gasteiger partial charge in [0.1, 0.15) is 12.2 Å². The van der Waals surface area contributed by atoms with E-state index in [1.54, 1.807) is 0 Å². The first-order valence-electron chi connectivity index (χ1n) is 11.5. The number of ether oxygens (including phenoxy) is 7. The Kier molecular flexibility index (Phi) is 9.51. The number of aromatic nitrogens is 1. The maximum Gasteiger partial charge on any atom is 0.107 e. The van der Waals surface area contributed by atoms with Gasteiger partial charge in [-0.15, -0.1) is 0 Å². The molecule has 0 aliphatic carbocycles. The lowest BCUT2D eigenvalue weighted by atomic mass is 10.1. The van der Waals surface area contributed by atoms with Crippen LogP contribution in [0.1, 0.15) is 37.1 Å². The van der Waals surface area contributed by atoms with E-state index in [1.807, 2.05) is 18.2 Å². The summed E-state index contributed by atoms with van der Waals surface area (Å²) in [7, 11) is 0. The Morgan fingerprint density at radius 2 is 1.10 bits per heavy atom. The molecule has 2 bridgehead atoms. The van der Waals surface area contributed by atoms with Crippen molar-refractivity contribution in [3.63, 3.8) is 0 Å². The average molecular weight is 438 g/mol. The summed E-state index contributed by atoms with van der Waals surface area (Å²) in [4.78, 5) is 4.73. The monoisotopic (exact) mass is 437 g/mol. The molecule has 0 unspecified atom stereocenters. The zero-order valence-corrected chi connectivity index (χ0v) is 18.2. The minimum Gasteiger partial charge on any atom is -0.377 e. The highest BCUT2D eigenvalue weighted by Gasteiger charge is 2.28. The molecule has 31 heavy (non-hydrogen) atoms. The molecule has 3 aliphatic heterocycles. The highest BCUT2D eigenvalue weighted by Crippen LogP contribution is 2.21. The molecule has 4 rings (SSSR count). The average Bonchev–Trinajstić information content (AvgIpc) is 2.81. The van der Waals surface area contributed by atoms with Crippen molar-refractivity contribution in [2.45, 2.75) is 63.3 Å². The Balaban J connectivity index is 1.38. The fourth-order valence-electron chi connectivity index (χ4n) is 4.13. The van der Waals surface area contributed by atoms with Crippen LogP contribution in [0.3, 0.4) is 0 Å². The highest BCUT2D eigenvalue weighted by atomic mass is 16.6. The van der Waals surface area contributed by atoms with Crippen molar-refractivity contribution in [1.29, 1.82) is 0 Å². The van der Waals surface area contributed by atoms with Crippen LogP contribution in [-0.4, -0.2) is 82.3 Å². The zero-order chi connectivity index (χ0) is 21.1. The van der Waals surface area contributed by atoms with E-state index in [0.29, 0.717) is 52.9 Å². The molecule has 174 valence electrons. The Bertz CT molecular complexity index is 597. The zero-order valence-electron chi connectivity index (χ0n) is 18.2. The fourth-order valence-corrected chi connectivity index (χ4v) is 4.13. The summed E-state index contributed by atoms with van der Waals surface area (Å²) in [6.07, 6.45) is 3.83. The molecule has 0 radical (unpaired) electrons. The van der Waals surface area contributed by atoms with Crippen LogP contribution < -0.4 is 0 Å². The van der Waals surface area contributed by atoms with Gasteiger partial charge >= 0.3 is 0 Å². The number of pyridine rings is 1. The third-order valence-electron chi connectivity index (χ3n) is 5.82. The number of hydrogen-bond acceptors (Lipinski definition) is 8. The van der Waals surface area contributed by atoms with Gasteiger partial charge in [-0.2, -0.15) is 0 Å². The normalized spacial score (nSPS) is 32.4. The van der Waals surface area contributed by atoms with Gasteiger partial charge in [-0.25, -0.2) is 0 Å². The van der Waals surface area contributed by atoms with Gasteiger partial charge < -0.3 is 33.2 Å². The first kappa shape index (κ1) is 23.0. The minimum absolute atomic E-state index is 0.00974. The molecule has 1 aromatic heterocycles. The van der Waals surface area contributed by atoms with Crippen LogP contribution in [-0.2, 0) is 46.4 Å². The summed E-state index contributed by atoms with van der Waals surface area (Å²) in [5, 5.41) is 0. The van der Waals surface area contributed by atoms with Gasteiger partial charge in [0.2, 0.25) is 0 Å². The fraction of sp³-hybridized carbons (Fsp3) is 0.783. The van der Waals surface area contributed by atoms with Crippen LogP contribution >= 0.6 is 0 Å². The second kappa shape index (κ2) is 12.8. The topological polar surface area (TPSA) is 77.5 Å². The largest absolute Gasteiger partial charge is 0.377 e. The molecular weight excluding hydrogens is 402 g/mol. The van der Waals surface area contributed by atoms with Crippen molar-refractivity contribution < 1.29 is 33.2 Å². The van der Waals surface area contributed by atoms with E-state index in [9.17, 15) is 0 Å². The van der Waals surface area contributed by atoms with E-state index in [0.717, 1.165) is 50.3 Å². The maximum absolute atomic E-state index is 6.18. The molecule has 8 heteroatoms. The molecule has 8 nitrogen and oxygen atoms in total. The quantitative estimate of drug-likeness (QED) is 0.612. The number of hydrogen-bond donors (Lipinski definition) is 0. The number of fused-ring (bicyclic) bond motifs is 4. The van der Waals surface area contributed by atoms with E-state index < -0.39 is 0 Å². The van der Waals surface area contributed by atoms with E-state index in [2.05, 4.69) is 0 Å². The lowest BCUT2D eigenvalue weighted by Gasteiger charge is -2.32. The lowest BCUT2D eigenvalue weighted by molar-refractivity contribution is -0.142. The van der Waals surface area contributed by atoms with Crippen LogP contribution in [0.15, 0.2) is 18.2 Å². The van der Waals surface area contributed by atoms with E-state index in [-0.39, 0.29) is 24.4 Å². The Morgan fingerprint density at radius 1 is 0.581 bits per heavy atom. The van der Waals surface area contributed by atoms with Crippen molar-refractivity contribution >= 4 is 0 Å². The smallest absolute Gasteiger partial charge is 0.107 e. The molecule has 0 saturated carbocycles. The van der Waals surface area contributed by atoms with Crippen molar-refractivity contribution in [2.75, 3.05) is 52.9 Å². The highest BCUT2D eigenvalue weighted by molar-refractivity contribution is 5.10. The van der Waals surface area contributed by atoms with Crippen LogP contribution in [0, 0.1) is 0 Å². The summed E-state index contributed by atoms with van der Waals surface area (Å²) in [5.41, 5.74) is 1.79. The van der Waals surface area contributed by atoms with E-state index >= 15 is 0 Å². The van der Waals surface area contributed by atoms with Gasteiger partial charge in [0, 0.05) is 13.2 Å². The summed E-state index contributed by atoms with van der Waals surface area (Å²) >= 11 is 0. The van der Waals surface area contributed by atoms with E-state index in [1.165, 1.54) is 0 Å². The molecule has 0 aromatic carbocycles. The Labute approximate surface area is 184 Å². The maximum atomic E-state index is 6.18. The van der Waals surface area contributed by atoms with Crippen molar-refractivity contribution in [3.05, 3.63) is 29.6 Å². The predicted molar refractivity (Wildman–Crippen MR) is 112 cm³/mol.